The molecule has 1 aliphatic carbocycles. The van der Waals surface area contributed by atoms with E-state index in [0.717, 1.165) is 38.1 Å². The van der Waals surface area contributed by atoms with E-state index >= 15 is 0 Å². The second kappa shape index (κ2) is 4.61. The molecule has 0 spiro atoms. The van der Waals surface area contributed by atoms with E-state index < -0.39 is 0 Å². The van der Waals surface area contributed by atoms with Crippen LogP contribution in [-0.4, -0.2) is 16.6 Å². The molecular weight excluding hydrogens is 214 g/mol. The summed E-state index contributed by atoms with van der Waals surface area (Å²) < 4.78 is 5.64. The maximum atomic E-state index is 6.07. The van der Waals surface area contributed by atoms with Crippen LogP contribution in [0.4, 0.5) is 5.82 Å². The van der Waals surface area contributed by atoms with E-state index in [9.17, 15) is 0 Å². The number of ether oxygens (including phenoxy) is 1. The molecule has 17 heavy (non-hydrogen) atoms. The van der Waals surface area contributed by atoms with Gasteiger partial charge in [0.2, 0.25) is 0 Å². The molecule has 2 aliphatic rings. The van der Waals surface area contributed by atoms with E-state index in [1.54, 1.807) is 0 Å². The van der Waals surface area contributed by atoms with E-state index in [0.29, 0.717) is 5.82 Å². The van der Waals surface area contributed by atoms with Crippen molar-refractivity contribution in [3.63, 3.8) is 0 Å². The van der Waals surface area contributed by atoms with Gasteiger partial charge < -0.3 is 10.5 Å². The second-order valence-electron chi connectivity index (χ2n) is 4.95. The van der Waals surface area contributed by atoms with Crippen LogP contribution in [0.5, 0.6) is 0 Å². The Bertz CT molecular complexity index is 413. The Morgan fingerprint density at radius 2 is 1.94 bits per heavy atom. The quantitative estimate of drug-likeness (QED) is 0.755. The van der Waals surface area contributed by atoms with Gasteiger partial charge in [0.15, 0.2) is 5.82 Å². The molecule has 1 unspecified atom stereocenters. The van der Waals surface area contributed by atoms with Crippen LogP contribution >= 0.6 is 0 Å². The monoisotopic (exact) mass is 233 g/mol. The lowest BCUT2D eigenvalue weighted by Crippen LogP contribution is -2.11. The molecule has 0 bridgehead atoms. The van der Waals surface area contributed by atoms with Crippen molar-refractivity contribution in [1.82, 2.24) is 9.97 Å². The number of aromatic nitrogens is 2. The molecule has 92 valence electrons. The zero-order valence-corrected chi connectivity index (χ0v) is 10.1. The van der Waals surface area contributed by atoms with Crippen molar-refractivity contribution in [2.75, 3.05) is 12.3 Å². The molecule has 1 fully saturated rings. The molecule has 0 saturated carbocycles. The summed E-state index contributed by atoms with van der Waals surface area (Å²) in [5.74, 6) is 1.49. The Balaban J connectivity index is 1.96. The Kier molecular flexibility index (Phi) is 2.97. The van der Waals surface area contributed by atoms with Crippen LogP contribution in [0.15, 0.2) is 0 Å². The van der Waals surface area contributed by atoms with Gasteiger partial charge in [-0.1, -0.05) is 6.42 Å². The van der Waals surface area contributed by atoms with Crippen LogP contribution < -0.4 is 5.73 Å². The van der Waals surface area contributed by atoms with E-state index in [1.165, 1.54) is 30.5 Å². The molecule has 1 aliphatic heterocycles. The van der Waals surface area contributed by atoms with E-state index in [2.05, 4.69) is 4.98 Å². The predicted molar refractivity (Wildman–Crippen MR) is 65.6 cm³/mol. The number of nitrogens with two attached hydrogens (primary N) is 1. The minimum absolute atomic E-state index is 0.0749. The third kappa shape index (κ3) is 2.14. The van der Waals surface area contributed by atoms with Gasteiger partial charge in [0, 0.05) is 17.9 Å². The summed E-state index contributed by atoms with van der Waals surface area (Å²) in [6.07, 6.45) is 7.97. The molecule has 0 radical (unpaired) electrons. The average molecular weight is 233 g/mol. The Morgan fingerprint density at radius 3 is 2.76 bits per heavy atom. The summed E-state index contributed by atoms with van der Waals surface area (Å²) in [5.41, 5.74) is 8.42. The van der Waals surface area contributed by atoms with Crippen LogP contribution in [-0.2, 0) is 17.6 Å². The van der Waals surface area contributed by atoms with Crippen LogP contribution in [0.3, 0.4) is 0 Å². The number of fused-ring (bicyclic) bond motifs is 1. The molecule has 4 heteroatoms. The highest BCUT2D eigenvalue weighted by atomic mass is 16.5. The average Bonchev–Trinajstić information content (AvgIpc) is 2.75. The molecule has 1 aromatic rings. The van der Waals surface area contributed by atoms with Crippen molar-refractivity contribution >= 4 is 5.82 Å². The maximum absolute atomic E-state index is 6.07. The summed E-state index contributed by atoms with van der Waals surface area (Å²) in [7, 11) is 0. The third-order valence-electron chi connectivity index (χ3n) is 3.70. The van der Waals surface area contributed by atoms with Crippen molar-refractivity contribution in [3.05, 3.63) is 17.1 Å². The van der Waals surface area contributed by atoms with Gasteiger partial charge in [-0.25, -0.2) is 9.97 Å². The van der Waals surface area contributed by atoms with Crippen molar-refractivity contribution in [2.45, 2.75) is 51.0 Å². The zero-order chi connectivity index (χ0) is 11.7. The number of anilines is 1. The molecule has 1 saturated heterocycles. The van der Waals surface area contributed by atoms with Gasteiger partial charge in [-0.15, -0.1) is 0 Å². The standard InChI is InChI=1S/C13H19N3O/c14-12-9-5-2-1-3-6-10(9)15-13(16-12)11-7-4-8-17-11/h11H,1-8H2,(H2,14,15,16). The SMILES string of the molecule is Nc1nc(C2CCCO2)nc2c1CCCCC2. The van der Waals surface area contributed by atoms with Crippen LogP contribution in [0.25, 0.3) is 0 Å². The molecule has 0 amide bonds. The summed E-state index contributed by atoms with van der Waals surface area (Å²) in [6, 6.07) is 0. The summed E-state index contributed by atoms with van der Waals surface area (Å²) in [5, 5.41) is 0. The first-order valence-electron chi connectivity index (χ1n) is 6.61. The fraction of sp³-hybridized carbons (Fsp3) is 0.692. The molecule has 0 aromatic carbocycles. The largest absolute Gasteiger partial charge is 0.383 e. The fourth-order valence-corrected chi connectivity index (χ4v) is 2.74. The first-order valence-corrected chi connectivity index (χ1v) is 6.61. The number of rotatable bonds is 1. The summed E-state index contributed by atoms with van der Waals surface area (Å²) in [4.78, 5) is 9.15. The van der Waals surface area contributed by atoms with Gasteiger partial charge in [-0.3, -0.25) is 0 Å². The van der Waals surface area contributed by atoms with E-state index in [-0.39, 0.29) is 6.10 Å². The minimum Gasteiger partial charge on any atom is -0.383 e. The zero-order valence-electron chi connectivity index (χ0n) is 10.1. The number of hydrogen-bond acceptors (Lipinski definition) is 4. The number of hydrogen-bond donors (Lipinski definition) is 1. The number of aryl methyl sites for hydroxylation is 1. The molecule has 1 atom stereocenters. The second-order valence-corrected chi connectivity index (χ2v) is 4.95. The molecule has 4 nitrogen and oxygen atoms in total. The summed E-state index contributed by atoms with van der Waals surface area (Å²) in [6.45, 7) is 0.824. The lowest BCUT2D eigenvalue weighted by Gasteiger charge is -2.13. The lowest BCUT2D eigenvalue weighted by atomic mass is 10.1. The molecule has 3 rings (SSSR count). The van der Waals surface area contributed by atoms with Gasteiger partial charge >= 0.3 is 0 Å². The highest BCUT2D eigenvalue weighted by Crippen LogP contribution is 2.29. The minimum atomic E-state index is 0.0749. The Hall–Kier alpha value is -1.16. The molecule has 1 aromatic heterocycles. The fourth-order valence-electron chi connectivity index (χ4n) is 2.74. The van der Waals surface area contributed by atoms with Crippen molar-refractivity contribution in [3.8, 4) is 0 Å². The number of nitrogen functional groups attached to an aromatic ring is 1. The molecule has 2 N–H and O–H groups in total. The van der Waals surface area contributed by atoms with Gasteiger partial charge in [0.05, 0.1) is 0 Å². The lowest BCUT2D eigenvalue weighted by molar-refractivity contribution is 0.105. The van der Waals surface area contributed by atoms with Crippen LogP contribution in [0, 0.1) is 0 Å². The third-order valence-corrected chi connectivity index (χ3v) is 3.70. The summed E-state index contributed by atoms with van der Waals surface area (Å²) >= 11 is 0. The van der Waals surface area contributed by atoms with Gasteiger partial charge in [-0.2, -0.15) is 0 Å². The normalized spacial score (nSPS) is 24.4. The highest BCUT2D eigenvalue weighted by Gasteiger charge is 2.23. The Labute approximate surface area is 102 Å². The first kappa shape index (κ1) is 11.0. The Morgan fingerprint density at radius 1 is 1.06 bits per heavy atom. The first-order chi connectivity index (χ1) is 8.34. The molecule has 2 heterocycles. The van der Waals surface area contributed by atoms with Crippen molar-refractivity contribution in [1.29, 1.82) is 0 Å². The molecular formula is C13H19N3O. The smallest absolute Gasteiger partial charge is 0.159 e. The van der Waals surface area contributed by atoms with Crippen molar-refractivity contribution < 1.29 is 4.74 Å². The highest BCUT2D eigenvalue weighted by molar-refractivity contribution is 5.43. The van der Waals surface area contributed by atoms with Gasteiger partial charge in [0.25, 0.3) is 0 Å². The van der Waals surface area contributed by atoms with Crippen LogP contribution in [0.2, 0.25) is 0 Å². The van der Waals surface area contributed by atoms with Crippen molar-refractivity contribution in [2.24, 2.45) is 0 Å². The van der Waals surface area contributed by atoms with Crippen LogP contribution in [0.1, 0.15) is 55.3 Å². The topological polar surface area (TPSA) is 61.0 Å². The number of nitrogens with zero attached hydrogens (tertiary/aromatic N) is 2. The predicted octanol–water partition coefficient (Wildman–Crippen LogP) is 2.18. The van der Waals surface area contributed by atoms with E-state index in [4.69, 9.17) is 15.5 Å². The van der Waals surface area contributed by atoms with E-state index in [1.807, 2.05) is 0 Å². The van der Waals surface area contributed by atoms with Gasteiger partial charge in [-0.05, 0) is 38.5 Å². The maximum Gasteiger partial charge on any atom is 0.159 e. The van der Waals surface area contributed by atoms with Gasteiger partial charge in [0.1, 0.15) is 11.9 Å².